The van der Waals surface area contributed by atoms with Gasteiger partial charge in [0.25, 0.3) is 5.91 Å². The summed E-state index contributed by atoms with van der Waals surface area (Å²) in [4.78, 5) is 24.7. The topological polar surface area (TPSA) is 89.0 Å². The van der Waals surface area contributed by atoms with E-state index >= 15 is 0 Å². The Morgan fingerprint density at radius 2 is 1.87 bits per heavy atom. The third-order valence-electron chi connectivity index (χ3n) is 4.32. The van der Waals surface area contributed by atoms with Gasteiger partial charge in [-0.2, -0.15) is 5.10 Å². The third-order valence-corrected chi connectivity index (χ3v) is 4.32. The second-order valence-electron chi connectivity index (χ2n) is 7.91. The summed E-state index contributed by atoms with van der Waals surface area (Å²) in [7, 11) is 5.71. The lowest BCUT2D eigenvalue weighted by molar-refractivity contribution is -0.862. The zero-order valence-corrected chi connectivity index (χ0v) is 17.7. The van der Waals surface area contributed by atoms with Gasteiger partial charge < -0.3 is 19.3 Å². The van der Waals surface area contributed by atoms with Crippen LogP contribution >= 0.6 is 0 Å². The lowest BCUT2D eigenvalue weighted by Gasteiger charge is -2.22. The Morgan fingerprint density at radius 3 is 2.60 bits per heavy atom. The van der Waals surface area contributed by atoms with E-state index in [4.69, 9.17) is 9.47 Å². The first-order valence-corrected chi connectivity index (χ1v) is 9.73. The molecule has 1 aliphatic heterocycles. The molecule has 0 atom stereocenters. The van der Waals surface area contributed by atoms with E-state index in [0.717, 1.165) is 16.5 Å². The fourth-order valence-corrected chi connectivity index (χ4v) is 3.07. The Morgan fingerprint density at radius 1 is 1.13 bits per heavy atom. The van der Waals surface area contributed by atoms with Gasteiger partial charge in [-0.3, -0.25) is 4.79 Å². The predicted octanol–water partition coefficient (Wildman–Crippen LogP) is 2.24. The molecule has 0 fully saturated rings. The summed E-state index contributed by atoms with van der Waals surface area (Å²) in [6.45, 7) is 2.24. The smallest absolute Gasteiger partial charge is 0.345 e. The van der Waals surface area contributed by atoms with Crippen LogP contribution in [0.15, 0.2) is 59.0 Å². The maximum atomic E-state index is 12.6. The lowest BCUT2D eigenvalue weighted by Crippen LogP contribution is -2.43. The van der Waals surface area contributed by atoms with Crippen LogP contribution in [-0.2, 0) is 19.1 Å². The molecule has 8 heteroatoms. The zero-order valence-electron chi connectivity index (χ0n) is 17.7. The maximum absolute atomic E-state index is 12.6. The monoisotopic (exact) mass is 411 g/mol. The number of anilines is 1. The fourth-order valence-electron chi connectivity index (χ4n) is 3.07. The maximum Gasteiger partial charge on any atom is 0.345 e. The van der Waals surface area contributed by atoms with Gasteiger partial charge in [0.1, 0.15) is 17.9 Å². The number of nitrogens with one attached hydrogen (secondary N) is 2. The van der Waals surface area contributed by atoms with E-state index in [-0.39, 0.29) is 37.1 Å². The molecule has 30 heavy (non-hydrogen) atoms. The molecule has 0 bridgehead atoms. The molecular formula is C22H27N4O4+. The summed E-state index contributed by atoms with van der Waals surface area (Å²) in [5.41, 5.74) is 3.78. The number of quaternary nitrogens is 1. The number of hydrogen-bond acceptors (Lipinski definition) is 6. The van der Waals surface area contributed by atoms with Crippen LogP contribution in [0.3, 0.4) is 0 Å². The third kappa shape index (κ3) is 5.15. The number of hydrazone groups is 1. The number of carbonyl (C=O) groups excluding carboxylic acids is 2. The highest BCUT2D eigenvalue weighted by atomic mass is 16.5. The van der Waals surface area contributed by atoms with Crippen molar-refractivity contribution >= 4 is 34.0 Å². The van der Waals surface area contributed by atoms with Gasteiger partial charge in [-0.1, -0.05) is 36.4 Å². The van der Waals surface area contributed by atoms with Crippen molar-refractivity contribution in [3.05, 3.63) is 53.9 Å². The van der Waals surface area contributed by atoms with Gasteiger partial charge in [0.05, 0.1) is 27.7 Å². The molecule has 8 nitrogen and oxygen atoms in total. The minimum absolute atomic E-state index is 0.0475. The summed E-state index contributed by atoms with van der Waals surface area (Å²) >= 11 is 0. The van der Waals surface area contributed by atoms with Gasteiger partial charge in [-0.05, 0) is 18.4 Å². The molecule has 0 unspecified atom stereocenters. The van der Waals surface area contributed by atoms with Crippen LogP contribution in [0.4, 0.5) is 5.69 Å². The average Bonchev–Trinajstić information content (AvgIpc) is 3.08. The first-order chi connectivity index (χ1) is 14.3. The normalized spacial score (nSPS) is 15.3. The fraction of sp³-hybridized carbons (Fsp3) is 0.318. The number of likely N-dealkylation sites (N-methyl/N-ethyl adjacent to an activating group) is 1. The van der Waals surface area contributed by atoms with Gasteiger partial charge in [0.2, 0.25) is 5.88 Å². The van der Waals surface area contributed by atoms with Crippen molar-refractivity contribution in [3.63, 3.8) is 0 Å². The first-order valence-electron chi connectivity index (χ1n) is 9.73. The van der Waals surface area contributed by atoms with Gasteiger partial charge in [0.15, 0.2) is 6.54 Å². The van der Waals surface area contributed by atoms with Gasteiger partial charge in [-0.15, -0.1) is 0 Å². The van der Waals surface area contributed by atoms with Crippen molar-refractivity contribution in [3.8, 4) is 0 Å². The molecule has 2 aromatic carbocycles. The molecule has 0 aromatic heterocycles. The number of fused-ring (bicyclic) bond motifs is 1. The Bertz CT molecular complexity index is 1020. The SMILES string of the molecule is CCOC(=O)C1=C(Nc2cccc3ccccc23)OC/C1=N/NC(=O)C[N+](C)(C)C. The van der Waals surface area contributed by atoms with Crippen LogP contribution < -0.4 is 10.7 Å². The van der Waals surface area contributed by atoms with Crippen LogP contribution in [0, 0.1) is 0 Å². The molecule has 0 saturated carbocycles. The average molecular weight is 411 g/mol. The van der Waals surface area contributed by atoms with E-state index in [9.17, 15) is 9.59 Å². The molecule has 1 heterocycles. The first kappa shape index (κ1) is 21.3. The van der Waals surface area contributed by atoms with Gasteiger partial charge in [0, 0.05) is 11.1 Å². The molecule has 1 aliphatic rings. The molecule has 1 amide bonds. The van der Waals surface area contributed by atoms with Crippen molar-refractivity contribution in [2.45, 2.75) is 6.92 Å². The summed E-state index contributed by atoms with van der Waals surface area (Å²) in [5, 5.41) is 9.36. The molecule has 158 valence electrons. The number of ether oxygens (including phenoxy) is 2. The number of nitrogens with zero attached hydrogens (tertiary/aromatic N) is 2. The van der Waals surface area contributed by atoms with Crippen molar-refractivity contribution in [2.24, 2.45) is 5.10 Å². The van der Waals surface area contributed by atoms with E-state index in [1.165, 1.54) is 0 Å². The van der Waals surface area contributed by atoms with E-state index in [0.29, 0.717) is 10.2 Å². The molecular weight excluding hydrogens is 384 g/mol. The molecule has 2 aromatic rings. The van der Waals surface area contributed by atoms with Gasteiger partial charge in [-0.25, -0.2) is 10.2 Å². The Labute approximate surface area is 175 Å². The summed E-state index contributed by atoms with van der Waals surface area (Å²) in [6, 6.07) is 13.7. The highest BCUT2D eigenvalue weighted by molar-refractivity contribution is 6.22. The molecule has 0 saturated heterocycles. The Hall–Kier alpha value is -3.39. The predicted molar refractivity (Wildman–Crippen MR) is 116 cm³/mol. The zero-order chi connectivity index (χ0) is 21.7. The molecule has 3 rings (SSSR count). The number of amides is 1. The minimum atomic E-state index is -0.558. The number of benzene rings is 2. The van der Waals surface area contributed by atoms with Crippen molar-refractivity contribution in [1.29, 1.82) is 0 Å². The van der Waals surface area contributed by atoms with E-state index < -0.39 is 5.97 Å². The largest absolute Gasteiger partial charge is 0.472 e. The second kappa shape index (κ2) is 8.96. The van der Waals surface area contributed by atoms with Gasteiger partial charge >= 0.3 is 5.97 Å². The van der Waals surface area contributed by atoms with E-state index in [1.807, 2.05) is 63.6 Å². The number of rotatable bonds is 7. The highest BCUT2D eigenvalue weighted by Gasteiger charge is 2.31. The van der Waals surface area contributed by atoms with Crippen molar-refractivity contribution < 1.29 is 23.5 Å². The molecule has 0 radical (unpaired) electrons. The van der Waals surface area contributed by atoms with Crippen LogP contribution in [-0.4, -0.2) is 63.0 Å². The number of esters is 1. The van der Waals surface area contributed by atoms with Crippen molar-refractivity contribution in [2.75, 3.05) is 46.2 Å². The highest BCUT2D eigenvalue weighted by Crippen LogP contribution is 2.27. The standard InChI is InChI=1S/C22H26N4O4/c1-5-29-22(28)20-18(24-25-19(27)13-26(2,3)4)14-30-21(20)23-17-12-8-10-15-9-6-7-11-16(15)17/h6-12H,5,13-14H2,1-4H3,(H-,23,24,25,27,28)/p+1. The summed E-state index contributed by atoms with van der Waals surface area (Å²) in [5.74, 6) is -0.560. The Balaban J connectivity index is 1.90. The van der Waals surface area contributed by atoms with Crippen molar-refractivity contribution in [1.82, 2.24) is 5.43 Å². The molecule has 0 spiro atoms. The Kier molecular flexibility index (Phi) is 6.37. The summed E-state index contributed by atoms with van der Waals surface area (Å²) < 4.78 is 11.4. The van der Waals surface area contributed by atoms with Crippen LogP contribution in [0.25, 0.3) is 10.8 Å². The van der Waals surface area contributed by atoms with Crippen LogP contribution in [0.5, 0.6) is 0 Å². The van der Waals surface area contributed by atoms with E-state index in [2.05, 4.69) is 15.8 Å². The van der Waals surface area contributed by atoms with Crippen LogP contribution in [0.1, 0.15) is 6.92 Å². The number of hydrogen-bond donors (Lipinski definition) is 2. The van der Waals surface area contributed by atoms with E-state index in [1.54, 1.807) is 6.92 Å². The quantitative estimate of drug-likeness (QED) is 0.414. The minimum Gasteiger partial charge on any atom is -0.472 e. The lowest BCUT2D eigenvalue weighted by atomic mass is 10.1. The second-order valence-corrected chi connectivity index (χ2v) is 7.91. The number of carbonyl (C=O) groups is 2. The summed E-state index contributed by atoms with van der Waals surface area (Å²) in [6.07, 6.45) is 0. The molecule has 2 N–H and O–H groups in total. The molecule has 0 aliphatic carbocycles. The van der Waals surface area contributed by atoms with Crippen LogP contribution in [0.2, 0.25) is 0 Å².